The predicted octanol–water partition coefficient (Wildman–Crippen LogP) is 4.13. The summed E-state index contributed by atoms with van der Waals surface area (Å²) in [6.07, 6.45) is 0. The molecule has 0 aliphatic rings. The molecule has 8 heteroatoms. The highest BCUT2D eigenvalue weighted by Crippen LogP contribution is 2.25. The quantitative estimate of drug-likeness (QED) is 0.380. The van der Waals surface area contributed by atoms with Crippen LogP contribution in [0.4, 0.5) is 5.69 Å². The molecule has 0 spiro atoms. The first-order chi connectivity index (χ1) is 15.8. The fourth-order valence-electron chi connectivity index (χ4n) is 3.08. The smallest absolute Gasteiger partial charge is 0.264 e. The van der Waals surface area contributed by atoms with Crippen LogP contribution in [0.1, 0.15) is 25.0 Å². The number of aryl methyl sites for hydroxylation is 1. The highest BCUT2D eigenvalue weighted by Gasteiger charge is 2.27. The number of hydrazone groups is 1. The first-order valence-corrected chi connectivity index (χ1v) is 12.0. The van der Waals surface area contributed by atoms with Gasteiger partial charge in [0.2, 0.25) is 0 Å². The lowest BCUT2D eigenvalue weighted by Crippen LogP contribution is -2.39. The maximum atomic E-state index is 13.5. The largest absolute Gasteiger partial charge is 0.494 e. The van der Waals surface area contributed by atoms with E-state index in [1.54, 1.807) is 43.3 Å². The van der Waals surface area contributed by atoms with E-state index in [1.807, 2.05) is 44.2 Å². The summed E-state index contributed by atoms with van der Waals surface area (Å²) < 4.78 is 33.4. The van der Waals surface area contributed by atoms with E-state index >= 15 is 0 Å². The van der Waals surface area contributed by atoms with Gasteiger partial charge in [-0.25, -0.2) is 13.8 Å². The minimum Gasteiger partial charge on any atom is -0.494 e. The normalized spacial score (nSPS) is 11.7. The number of amides is 1. The van der Waals surface area contributed by atoms with Crippen LogP contribution in [0, 0.1) is 6.92 Å². The lowest BCUT2D eigenvalue weighted by atomic mass is 10.1. The van der Waals surface area contributed by atoms with Crippen LogP contribution < -0.4 is 14.5 Å². The van der Waals surface area contributed by atoms with Crippen molar-refractivity contribution in [2.45, 2.75) is 25.7 Å². The summed E-state index contributed by atoms with van der Waals surface area (Å²) in [4.78, 5) is 12.8. The summed E-state index contributed by atoms with van der Waals surface area (Å²) in [5.74, 6) is 0.0159. The highest BCUT2D eigenvalue weighted by atomic mass is 32.2. The molecule has 3 aromatic carbocycles. The third kappa shape index (κ3) is 6.20. The summed E-state index contributed by atoms with van der Waals surface area (Å²) in [5, 5.41) is 4.12. The molecule has 0 bridgehead atoms. The zero-order chi connectivity index (χ0) is 23.8. The molecular weight excluding hydrogens is 438 g/mol. The van der Waals surface area contributed by atoms with E-state index in [1.165, 1.54) is 12.1 Å². The molecule has 0 unspecified atom stereocenters. The molecule has 0 heterocycles. The van der Waals surface area contributed by atoms with E-state index in [9.17, 15) is 13.2 Å². The number of hydrogen-bond acceptors (Lipinski definition) is 5. The number of sulfonamides is 1. The number of benzene rings is 3. The molecule has 0 saturated heterocycles. The van der Waals surface area contributed by atoms with Crippen molar-refractivity contribution in [2.75, 3.05) is 17.5 Å². The molecule has 172 valence electrons. The highest BCUT2D eigenvalue weighted by molar-refractivity contribution is 7.92. The Hall–Kier alpha value is -3.65. The van der Waals surface area contributed by atoms with Crippen LogP contribution in [0.15, 0.2) is 88.9 Å². The maximum absolute atomic E-state index is 13.5. The molecule has 7 nitrogen and oxygen atoms in total. The summed E-state index contributed by atoms with van der Waals surface area (Å²) in [7, 11) is -4.02. The van der Waals surface area contributed by atoms with E-state index in [2.05, 4.69) is 10.5 Å². The molecule has 0 saturated carbocycles. The van der Waals surface area contributed by atoms with Crippen LogP contribution in [0.5, 0.6) is 5.75 Å². The van der Waals surface area contributed by atoms with Gasteiger partial charge in [0.25, 0.3) is 15.9 Å². The third-order valence-corrected chi connectivity index (χ3v) is 6.66. The standard InChI is InChI=1S/C25H27N3O4S/c1-4-32-23-14-16-24(17-15-23)33(30,31)28(22-12-10-19(2)11-13-22)18-25(29)27-26-20(3)21-8-6-5-7-9-21/h5-17H,4,18H2,1-3H3,(H,27,29)/b26-20-. The molecule has 0 aromatic heterocycles. The topological polar surface area (TPSA) is 88.1 Å². The van der Waals surface area contributed by atoms with Gasteiger partial charge in [-0.15, -0.1) is 0 Å². The zero-order valence-electron chi connectivity index (χ0n) is 18.9. The monoisotopic (exact) mass is 465 g/mol. The Kier molecular flexibility index (Phi) is 7.84. The number of anilines is 1. The Balaban J connectivity index is 1.86. The van der Waals surface area contributed by atoms with Gasteiger partial charge in [-0.1, -0.05) is 48.0 Å². The van der Waals surface area contributed by atoms with E-state index in [4.69, 9.17) is 4.74 Å². The summed E-state index contributed by atoms with van der Waals surface area (Å²) in [6.45, 7) is 5.58. The number of nitrogens with zero attached hydrogens (tertiary/aromatic N) is 2. The number of carbonyl (C=O) groups excluding carboxylic acids is 1. The van der Waals surface area contributed by atoms with Crippen molar-refractivity contribution in [1.29, 1.82) is 0 Å². The predicted molar refractivity (Wildman–Crippen MR) is 130 cm³/mol. The van der Waals surface area contributed by atoms with Crippen LogP contribution in [-0.2, 0) is 14.8 Å². The van der Waals surface area contributed by atoms with Gasteiger partial charge < -0.3 is 4.74 Å². The van der Waals surface area contributed by atoms with Gasteiger partial charge >= 0.3 is 0 Å². The van der Waals surface area contributed by atoms with Gasteiger partial charge in [0.05, 0.1) is 22.9 Å². The Morgan fingerprint density at radius 3 is 2.21 bits per heavy atom. The Labute approximate surface area is 194 Å². The van der Waals surface area contributed by atoms with Crippen molar-refractivity contribution in [3.05, 3.63) is 90.0 Å². The minimum absolute atomic E-state index is 0.0586. The summed E-state index contributed by atoms with van der Waals surface area (Å²) >= 11 is 0. The van der Waals surface area contributed by atoms with Crippen LogP contribution in [-0.4, -0.2) is 33.2 Å². The fourth-order valence-corrected chi connectivity index (χ4v) is 4.50. The Bertz CT molecular complexity index is 1210. The zero-order valence-corrected chi connectivity index (χ0v) is 19.7. The Morgan fingerprint density at radius 2 is 1.61 bits per heavy atom. The molecule has 0 atom stereocenters. The van der Waals surface area contributed by atoms with Gasteiger partial charge in [-0.2, -0.15) is 5.10 Å². The average Bonchev–Trinajstić information content (AvgIpc) is 2.83. The molecule has 0 radical (unpaired) electrons. The van der Waals surface area contributed by atoms with Crippen LogP contribution in [0.25, 0.3) is 0 Å². The van der Waals surface area contributed by atoms with Crippen molar-refractivity contribution in [3.8, 4) is 5.75 Å². The molecule has 3 aromatic rings. The number of hydrogen-bond donors (Lipinski definition) is 1. The van der Waals surface area contributed by atoms with Gasteiger partial charge in [-0.05, 0) is 62.7 Å². The first-order valence-electron chi connectivity index (χ1n) is 10.5. The second-order valence-electron chi connectivity index (χ2n) is 7.35. The number of carbonyl (C=O) groups is 1. The van der Waals surface area contributed by atoms with Crippen molar-refractivity contribution >= 4 is 27.3 Å². The lowest BCUT2D eigenvalue weighted by Gasteiger charge is -2.24. The average molecular weight is 466 g/mol. The van der Waals surface area contributed by atoms with Crippen molar-refractivity contribution in [2.24, 2.45) is 5.10 Å². The minimum atomic E-state index is -4.02. The Morgan fingerprint density at radius 1 is 0.970 bits per heavy atom. The van der Waals surface area contributed by atoms with Crippen LogP contribution in [0.2, 0.25) is 0 Å². The van der Waals surface area contributed by atoms with Gasteiger partial charge in [0.15, 0.2) is 0 Å². The number of nitrogens with one attached hydrogen (secondary N) is 1. The van der Waals surface area contributed by atoms with Crippen LogP contribution >= 0.6 is 0 Å². The molecule has 0 aliphatic carbocycles. The molecule has 1 N–H and O–H groups in total. The van der Waals surface area contributed by atoms with Gasteiger partial charge in [-0.3, -0.25) is 9.10 Å². The van der Waals surface area contributed by atoms with E-state index in [0.717, 1.165) is 15.4 Å². The molecule has 1 amide bonds. The second-order valence-corrected chi connectivity index (χ2v) is 9.21. The molecule has 0 fully saturated rings. The van der Waals surface area contributed by atoms with Gasteiger partial charge in [0, 0.05) is 0 Å². The van der Waals surface area contributed by atoms with E-state index in [-0.39, 0.29) is 4.90 Å². The molecule has 3 rings (SSSR count). The summed E-state index contributed by atoms with van der Waals surface area (Å²) in [5.41, 5.74) is 5.29. The third-order valence-electron chi connectivity index (χ3n) is 4.87. The fraction of sp³-hybridized carbons (Fsp3) is 0.200. The number of ether oxygens (including phenoxy) is 1. The summed E-state index contributed by atoms with van der Waals surface area (Å²) in [6, 6.07) is 22.5. The first kappa shape index (κ1) is 24.0. The van der Waals surface area contributed by atoms with Crippen LogP contribution in [0.3, 0.4) is 0 Å². The molecular formula is C25H27N3O4S. The molecule has 33 heavy (non-hydrogen) atoms. The van der Waals surface area contributed by atoms with Crippen molar-refractivity contribution in [3.63, 3.8) is 0 Å². The molecule has 0 aliphatic heterocycles. The van der Waals surface area contributed by atoms with Crippen molar-refractivity contribution in [1.82, 2.24) is 5.43 Å². The number of rotatable bonds is 9. The second kappa shape index (κ2) is 10.8. The maximum Gasteiger partial charge on any atom is 0.264 e. The lowest BCUT2D eigenvalue weighted by molar-refractivity contribution is -0.119. The van der Waals surface area contributed by atoms with E-state index in [0.29, 0.717) is 23.8 Å². The van der Waals surface area contributed by atoms with Gasteiger partial charge in [0.1, 0.15) is 12.3 Å². The van der Waals surface area contributed by atoms with Crippen molar-refractivity contribution < 1.29 is 17.9 Å². The van der Waals surface area contributed by atoms with E-state index < -0.39 is 22.5 Å². The SMILES string of the molecule is CCOc1ccc(S(=O)(=O)N(CC(=O)N/N=C(/C)c2ccccc2)c2ccc(C)cc2)cc1.